The van der Waals surface area contributed by atoms with Crippen LogP contribution < -0.4 is 4.74 Å². The van der Waals surface area contributed by atoms with Crippen LogP contribution in [0.3, 0.4) is 0 Å². The van der Waals surface area contributed by atoms with E-state index >= 15 is 0 Å². The van der Waals surface area contributed by atoms with Crippen LogP contribution in [-0.4, -0.2) is 18.2 Å². The Bertz CT molecular complexity index is 717. The van der Waals surface area contributed by atoms with Crippen LogP contribution in [0.2, 0.25) is 0 Å². The molecule has 0 fully saturated rings. The van der Waals surface area contributed by atoms with Gasteiger partial charge in [-0.25, -0.2) is 13.6 Å². The van der Waals surface area contributed by atoms with Crippen molar-refractivity contribution in [1.82, 2.24) is 0 Å². The SMILES string of the molecule is C=CCOC1=CC(C)(F)C(c2ccc(OC(=O)C=C)c(F)c2)C=C1. The van der Waals surface area contributed by atoms with Gasteiger partial charge >= 0.3 is 5.97 Å². The van der Waals surface area contributed by atoms with E-state index in [0.29, 0.717) is 11.3 Å². The molecule has 0 radical (unpaired) electrons. The molecule has 3 nitrogen and oxygen atoms in total. The van der Waals surface area contributed by atoms with Crippen LogP contribution in [0.25, 0.3) is 0 Å². The van der Waals surface area contributed by atoms with E-state index in [1.54, 1.807) is 18.2 Å². The summed E-state index contributed by atoms with van der Waals surface area (Å²) in [5.74, 6) is -2.03. The number of allylic oxidation sites excluding steroid dienone is 3. The zero-order valence-electron chi connectivity index (χ0n) is 13.3. The lowest BCUT2D eigenvalue weighted by Crippen LogP contribution is -2.27. The summed E-state index contributed by atoms with van der Waals surface area (Å²) in [6.45, 7) is 8.44. The zero-order valence-corrected chi connectivity index (χ0v) is 13.3. The molecule has 1 aromatic rings. The first-order chi connectivity index (χ1) is 11.4. The van der Waals surface area contributed by atoms with E-state index in [2.05, 4.69) is 13.2 Å². The van der Waals surface area contributed by atoms with Gasteiger partial charge in [-0.1, -0.05) is 31.4 Å². The number of ether oxygens (including phenoxy) is 2. The number of esters is 1. The number of carbonyl (C=O) groups excluding carboxylic acids is 1. The molecule has 0 aromatic heterocycles. The van der Waals surface area contributed by atoms with Gasteiger partial charge in [0, 0.05) is 12.0 Å². The van der Waals surface area contributed by atoms with Gasteiger partial charge in [0.25, 0.3) is 0 Å². The van der Waals surface area contributed by atoms with Crippen LogP contribution in [-0.2, 0) is 9.53 Å². The highest BCUT2D eigenvalue weighted by atomic mass is 19.1. The van der Waals surface area contributed by atoms with Gasteiger partial charge in [-0.2, -0.15) is 0 Å². The molecule has 0 bridgehead atoms. The lowest BCUT2D eigenvalue weighted by Gasteiger charge is -2.29. The minimum Gasteiger partial charge on any atom is -0.490 e. The normalized spacial score (nSPS) is 22.5. The van der Waals surface area contributed by atoms with Crippen LogP contribution in [0.4, 0.5) is 8.78 Å². The molecule has 1 aromatic carbocycles. The van der Waals surface area contributed by atoms with Gasteiger partial charge in [-0.05, 0) is 36.8 Å². The molecule has 2 rings (SSSR count). The number of hydrogen-bond acceptors (Lipinski definition) is 3. The van der Waals surface area contributed by atoms with Gasteiger partial charge in [0.2, 0.25) is 0 Å². The second-order valence-corrected chi connectivity index (χ2v) is 5.45. The average Bonchev–Trinajstić information content (AvgIpc) is 2.54. The number of carbonyl (C=O) groups is 1. The van der Waals surface area contributed by atoms with E-state index in [4.69, 9.17) is 9.47 Å². The Morgan fingerprint density at radius 1 is 1.42 bits per heavy atom. The van der Waals surface area contributed by atoms with Crippen LogP contribution in [0.5, 0.6) is 5.75 Å². The molecule has 0 spiro atoms. The van der Waals surface area contributed by atoms with Crippen molar-refractivity contribution in [2.24, 2.45) is 0 Å². The predicted octanol–water partition coefficient (Wildman–Crippen LogP) is 4.39. The summed E-state index contributed by atoms with van der Waals surface area (Å²) in [5.41, 5.74) is -1.33. The number of rotatable bonds is 6. The second kappa shape index (κ2) is 7.25. The first-order valence-electron chi connectivity index (χ1n) is 7.34. The van der Waals surface area contributed by atoms with Crippen molar-refractivity contribution >= 4 is 5.97 Å². The Labute approximate surface area is 139 Å². The van der Waals surface area contributed by atoms with Gasteiger partial charge in [0.15, 0.2) is 11.6 Å². The second-order valence-electron chi connectivity index (χ2n) is 5.45. The zero-order chi connectivity index (χ0) is 17.7. The molecule has 1 aliphatic rings. The minimum absolute atomic E-state index is 0.227. The first kappa shape index (κ1) is 17.7. The molecule has 0 amide bonds. The fourth-order valence-corrected chi connectivity index (χ4v) is 2.42. The van der Waals surface area contributed by atoms with Crippen molar-refractivity contribution in [2.45, 2.75) is 18.5 Å². The summed E-state index contributed by atoms with van der Waals surface area (Å²) in [6, 6.07) is 3.97. The van der Waals surface area contributed by atoms with Crippen LogP contribution in [0.15, 0.2) is 67.5 Å². The Morgan fingerprint density at radius 3 is 2.75 bits per heavy atom. The molecule has 24 heavy (non-hydrogen) atoms. The smallest absolute Gasteiger partial charge is 0.335 e. The summed E-state index contributed by atoms with van der Waals surface area (Å²) in [7, 11) is 0. The molecule has 2 atom stereocenters. The van der Waals surface area contributed by atoms with E-state index in [9.17, 15) is 13.6 Å². The molecule has 0 saturated heterocycles. The maximum Gasteiger partial charge on any atom is 0.335 e. The van der Waals surface area contributed by atoms with Crippen molar-refractivity contribution in [2.75, 3.05) is 6.61 Å². The summed E-state index contributed by atoms with van der Waals surface area (Å²) >= 11 is 0. The van der Waals surface area contributed by atoms with Gasteiger partial charge < -0.3 is 9.47 Å². The highest BCUT2D eigenvalue weighted by Gasteiger charge is 2.35. The van der Waals surface area contributed by atoms with E-state index in [1.165, 1.54) is 25.1 Å². The molecule has 0 aliphatic heterocycles. The largest absolute Gasteiger partial charge is 0.490 e. The molecule has 5 heteroatoms. The molecular weight excluding hydrogens is 314 g/mol. The van der Waals surface area contributed by atoms with Crippen LogP contribution >= 0.6 is 0 Å². The monoisotopic (exact) mass is 332 g/mol. The van der Waals surface area contributed by atoms with E-state index in [-0.39, 0.29) is 12.4 Å². The Hall–Kier alpha value is -2.69. The van der Waals surface area contributed by atoms with Gasteiger partial charge in [-0.15, -0.1) is 0 Å². The molecular formula is C19H18F2O3. The molecule has 0 N–H and O–H groups in total. The van der Waals surface area contributed by atoms with E-state index in [0.717, 1.165) is 12.1 Å². The Kier molecular flexibility index (Phi) is 5.34. The average molecular weight is 332 g/mol. The molecule has 126 valence electrons. The van der Waals surface area contributed by atoms with Crippen molar-refractivity contribution in [3.8, 4) is 5.75 Å². The van der Waals surface area contributed by atoms with E-state index in [1.807, 2.05) is 0 Å². The quantitative estimate of drug-likeness (QED) is 0.335. The number of halogens is 2. The third kappa shape index (κ3) is 3.98. The third-order valence-electron chi connectivity index (χ3n) is 3.55. The van der Waals surface area contributed by atoms with Crippen LogP contribution in [0, 0.1) is 5.82 Å². The van der Waals surface area contributed by atoms with Crippen molar-refractivity contribution in [3.63, 3.8) is 0 Å². The lowest BCUT2D eigenvalue weighted by atomic mass is 9.81. The maximum absolute atomic E-state index is 14.9. The summed E-state index contributed by atoms with van der Waals surface area (Å²) < 4.78 is 39.1. The predicted molar refractivity (Wildman–Crippen MR) is 87.9 cm³/mol. The lowest BCUT2D eigenvalue weighted by molar-refractivity contribution is -0.129. The maximum atomic E-state index is 14.9. The fourth-order valence-electron chi connectivity index (χ4n) is 2.42. The highest BCUT2D eigenvalue weighted by molar-refractivity contribution is 5.83. The first-order valence-corrected chi connectivity index (χ1v) is 7.34. The third-order valence-corrected chi connectivity index (χ3v) is 3.55. The summed E-state index contributed by atoms with van der Waals surface area (Å²) in [5, 5.41) is 0. The number of alkyl halides is 1. The van der Waals surface area contributed by atoms with Crippen molar-refractivity contribution < 1.29 is 23.0 Å². The molecule has 0 saturated carbocycles. The topological polar surface area (TPSA) is 35.5 Å². The molecule has 2 unspecified atom stereocenters. The van der Waals surface area contributed by atoms with Gasteiger partial charge in [-0.3, -0.25) is 0 Å². The van der Waals surface area contributed by atoms with Gasteiger partial charge in [0.1, 0.15) is 18.0 Å². The van der Waals surface area contributed by atoms with Crippen LogP contribution in [0.1, 0.15) is 18.4 Å². The fraction of sp³-hybridized carbons (Fsp3) is 0.211. The minimum atomic E-state index is -1.75. The Morgan fingerprint density at radius 2 is 2.17 bits per heavy atom. The number of hydrogen-bond donors (Lipinski definition) is 0. The van der Waals surface area contributed by atoms with E-state index < -0.39 is 23.4 Å². The number of benzene rings is 1. The standard InChI is InChI=1S/C19H18F2O3/c1-4-10-23-14-7-8-15(19(3,21)12-14)13-6-9-17(16(20)11-13)24-18(22)5-2/h4-9,11-12,15H,1-2,10H2,3H3. The highest BCUT2D eigenvalue weighted by Crippen LogP contribution is 2.39. The Balaban J connectivity index is 2.23. The molecule has 0 heterocycles. The van der Waals surface area contributed by atoms with Gasteiger partial charge in [0.05, 0.1) is 0 Å². The van der Waals surface area contributed by atoms with Crippen molar-refractivity contribution in [3.05, 3.63) is 78.9 Å². The molecule has 1 aliphatic carbocycles. The summed E-state index contributed by atoms with van der Waals surface area (Å²) in [6.07, 6.45) is 7.10. The van der Waals surface area contributed by atoms with Crippen molar-refractivity contribution in [1.29, 1.82) is 0 Å². The summed E-state index contributed by atoms with van der Waals surface area (Å²) in [4.78, 5) is 11.1.